The van der Waals surface area contributed by atoms with Crippen LogP contribution in [-0.4, -0.2) is 19.1 Å². The standard InChI is InChI=1S/C9H15NO2.ClH/c1-12-8(11)6-5-7(10)9(6)3-2-4-9;/h6-7H,2-5,10H2,1H3;1H/t6-,7-;/m0./s1. The highest BCUT2D eigenvalue weighted by atomic mass is 35.5. The maximum atomic E-state index is 11.3. The maximum Gasteiger partial charge on any atom is 0.309 e. The van der Waals surface area contributed by atoms with Crippen molar-refractivity contribution in [2.45, 2.75) is 31.7 Å². The summed E-state index contributed by atoms with van der Waals surface area (Å²) in [5.74, 6) is 0.0441. The van der Waals surface area contributed by atoms with Crippen molar-refractivity contribution < 1.29 is 9.53 Å². The summed E-state index contributed by atoms with van der Waals surface area (Å²) in [6, 6.07) is 0.246. The first-order chi connectivity index (χ1) is 5.70. The van der Waals surface area contributed by atoms with Crippen LogP contribution in [-0.2, 0) is 9.53 Å². The smallest absolute Gasteiger partial charge is 0.309 e. The number of halogens is 1. The predicted octanol–water partition coefficient (Wildman–Crippen LogP) is 1.10. The molecule has 0 radical (unpaired) electrons. The minimum Gasteiger partial charge on any atom is -0.469 e. The number of methoxy groups -OCH3 is 1. The van der Waals surface area contributed by atoms with Gasteiger partial charge < -0.3 is 10.5 Å². The molecule has 0 aromatic heterocycles. The summed E-state index contributed by atoms with van der Waals surface area (Å²) in [7, 11) is 1.46. The minimum absolute atomic E-state index is 0. The van der Waals surface area contributed by atoms with Crippen molar-refractivity contribution in [1.82, 2.24) is 0 Å². The average molecular weight is 206 g/mol. The van der Waals surface area contributed by atoms with Crippen LogP contribution in [0.1, 0.15) is 25.7 Å². The Balaban J connectivity index is 0.000000845. The molecule has 2 saturated carbocycles. The highest BCUT2D eigenvalue weighted by Crippen LogP contribution is 2.59. The van der Waals surface area contributed by atoms with E-state index >= 15 is 0 Å². The molecule has 0 aliphatic heterocycles. The molecule has 1 spiro atoms. The molecular formula is C9H16ClNO2. The van der Waals surface area contributed by atoms with Crippen LogP contribution in [0.2, 0.25) is 0 Å². The Hall–Kier alpha value is -0.280. The molecule has 0 unspecified atom stereocenters. The first-order valence-electron chi connectivity index (χ1n) is 4.54. The molecule has 3 nitrogen and oxygen atoms in total. The molecule has 76 valence electrons. The second-order valence-electron chi connectivity index (χ2n) is 4.00. The van der Waals surface area contributed by atoms with E-state index in [9.17, 15) is 4.79 Å². The third-order valence-corrected chi connectivity index (χ3v) is 3.69. The second kappa shape index (κ2) is 3.46. The monoisotopic (exact) mass is 205 g/mol. The number of carbonyl (C=O) groups is 1. The van der Waals surface area contributed by atoms with E-state index in [1.54, 1.807) is 0 Å². The molecule has 0 bridgehead atoms. The topological polar surface area (TPSA) is 52.3 Å². The Morgan fingerprint density at radius 1 is 1.54 bits per heavy atom. The third-order valence-electron chi connectivity index (χ3n) is 3.69. The lowest BCUT2D eigenvalue weighted by Crippen LogP contribution is -2.63. The normalized spacial score (nSPS) is 34.0. The molecular weight excluding hydrogens is 190 g/mol. The van der Waals surface area contributed by atoms with Gasteiger partial charge in [-0.1, -0.05) is 6.42 Å². The van der Waals surface area contributed by atoms with Crippen molar-refractivity contribution in [3.05, 3.63) is 0 Å². The van der Waals surface area contributed by atoms with E-state index in [0.717, 1.165) is 19.3 Å². The molecule has 2 N–H and O–H groups in total. The Morgan fingerprint density at radius 2 is 2.15 bits per heavy atom. The summed E-state index contributed by atoms with van der Waals surface area (Å²) >= 11 is 0. The number of rotatable bonds is 1. The van der Waals surface area contributed by atoms with Crippen molar-refractivity contribution in [3.8, 4) is 0 Å². The van der Waals surface area contributed by atoms with Crippen LogP contribution in [0.5, 0.6) is 0 Å². The average Bonchev–Trinajstić information content (AvgIpc) is 1.95. The minimum atomic E-state index is -0.0589. The highest BCUT2D eigenvalue weighted by molar-refractivity contribution is 5.85. The van der Waals surface area contributed by atoms with Crippen molar-refractivity contribution in [2.75, 3.05) is 7.11 Å². The molecule has 2 rings (SSSR count). The van der Waals surface area contributed by atoms with Gasteiger partial charge in [-0.05, 0) is 24.7 Å². The van der Waals surface area contributed by atoms with Gasteiger partial charge in [-0.2, -0.15) is 0 Å². The number of carbonyl (C=O) groups excluding carboxylic acids is 1. The Bertz CT molecular complexity index is 216. The summed E-state index contributed by atoms with van der Waals surface area (Å²) in [4.78, 5) is 11.3. The van der Waals surface area contributed by atoms with Crippen LogP contribution in [0.4, 0.5) is 0 Å². The van der Waals surface area contributed by atoms with Crippen molar-refractivity contribution in [3.63, 3.8) is 0 Å². The van der Waals surface area contributed by atoms with Gasteiger partial charge in [-0.3, -0.25) is 4.79 Å². The molecule has 4 heteroatoms. The van der Waals surface area contributed by atoms with Gasteiger partial charge in [0.05, 0.1) is 13.0 Å². The maximum absolute atomic E-state index is 11.3. The van der Waals surface area contributed by atoms with E-state index in [1.807, 2.05) is 0 Å². The summed E-state index contributed by atoms with van der Waals surface area (Å²) in [6.45, 7) is 0. The SMILES string of the molecule is COC(=O)[C@@H]1C[C@H](N)C12CCC2.Cl. The molecule has 0 amide bonds. The fraction of sp³-hybridized carbons (Fsp3) is 0.889. The molecule has 2 fully saturated rings. The number of nitrogens with two attached hydrogens (primary N) is 1. The predicted molar refractivity (Wildman–Crippen MR) is 51.6 cm³/mol. The van der Waals surface area contributed by atoms with Gasteiger partial charge in [-0.15, -0.1) is 12.4 Å². The van der Waals surface area contributed by atoms with E-state index in [2.05, 4.69) is 0 Å². The van der Waals surface area contributed by atoms with Crippen LogP contribution in [0, 0.1) is 11.3 Å². The number of hydrogen-bond donors (Lipinski definition) is 1. The Labute approximate surface area is 84.4 Å². The van der Waals surface area contributed by atoms with Crippen molar-refractivity contribution in [2.24, 2.45) is 17.1 Å². The number of hydrogen-bond acceptors (Lipinski definition) is 3. The van der Waals surface area contributed by atoms with Gasteiger partial charge in [0.1, 0.15) is 0 Å². The molecule has 0 aromatic carbocycles. The fourth-order valence-electron chi connectivity index (χ4n) is 2.60. The zero-order valence-corrected chi connectivity index (χ0v) is 8.60. The zero-order chi connectivity index (χ0) is 8.77. The van der Waals surface area contributed by atoms with Crippen LogP contribution >= 0.6 is 12.4 Å². The van der Waals surface area contributed by atoms with Crippen molar-refractivity contribution in [1.29, 1.82) is 0 Å². The zero-order valence-electron chi connectivity index (χ0n) is 7.79. The fourth-order valence-corrected chi connectivity index (χ4v) is 2.60. The van der Waals surface area contributed by atoms with Crippen LogP contribution in [0.3, 0.4) is 0 Å². The van der Waals surface area contributed by atoms with Gasteiger partial charge in [0, 0.05) is 6.04 Å². The second-order valence-corrected chi connectivity index (χ2v) is 4.00. The molecule has 0 saturated heterocycles. The lowest BCUT2D eigenvalue weighted by molar-refractivity contribution is -0.168. The van der Waals surface area contributed by atoms with Crippen LogP contribution in [0.25, 0.3) is 0 Å². The van der Waals surface area contributed by atoms with Gasteiger partial charge in [0.25, 0.3) is 0 Å². The van der Waals surface area contributed by atoms with Gasteiger partial charge in [0.2, 0.25) is 0 Å². The summed E-state index contributed by atoms with van der Waals surface area (Å²) in [6.07, 6.45) is 4.29. The van der Waals surface area contributed by atoms with E-state index in [-0.39, 0.29) is 35.8 Å². The molecule has 2 aliphatic rings. The van der Waals surface area contributed by atoms with Gasteiger partial charge >= 0.3 is 5.97 Å². The van der Waals surface area contributed by atoms with Crippen molar-refractivity contribution >= 4 is 18.4 Å². The quantitative estimate of drug-likeness (QED) is 0.653. The first-order valence-corrected chi connectivity index (χ1v) is 4.54. The molecule has 2 atom stereocenters. The third kappa shape index (κ3) is 1.25. The Kier molecular flexibility index (Phi) is 2.88. The summed E-state index contributed by atoms with van der Waals surface area (Å²) in [5, 5.41) is 0. The summed E-state index contributed by atoms with van der Waals surface area (Å²) in [5.41, 5.74) is 6.04. The van der Waals surface area contributed by atoms with E-state index < -0.39 is 0 Å². The lowest BCUT2D eigenvalue weighted by atomic mass is 9.47. The first kappa shape index (κ1) is 10.8. The molecule has 0 heterocycles. The lowest BCUT2D eigenvalue weighted by Gasteiger charge is -2.58. The number of esters is 1. The van der Waals surface area contributed by atoms with E-state index in [1.165, 1.54) is 13.5 Å². The van der Waals surface area contributed by atoms with Crippen LogP contribution < -0.4 is 5.73 Å². The van der Waals surface area contributed by atoms with Crippen LogP contribution in [0.15, 0.2) is 0 Å². The van der Waals surface area contributed by atoms with Gasteiger partial charge in [0.15, 0.2) is 0 Å². The summed E-state index contributed by atoms with van der Waals surface area (Å²) < 4.78 is 4.74. The van der Waals surface area contributed by atoms with Gasteiger partial charge in [-0.25, -0.2) is 0 Å². The Morgan fingerprint density at radius 3 is 2.46 bits per heavy atom. The largest absolute Gasteiger partial charge is 0.469 e. The molecule has 0 aromatic rings. The van der Waals surface area contributed by atoms with E-state index in [4.69, 9.17) is 10.5 Å². The highest BCUT2D eigenvalue weighted by Gasteiger charge is 2.59. The number of ether oxygens (including phenoxy) is 1. The van der Waals surface area contributed by atoms with E-state index in [0.29, 0.717) is 0 Å². The molecule has 2 aliphatic carbocycles. The molecule has 13 heavy (non-hydrogen) atoms.